The molecule has 0 bridgehead atoms. The molecule has 4 rings (SSSR count). The third-order valence-electron chi connectivity index (χ3n) is 6.44. The number of ether oxygens (including phenoxy) is 6. The molecule has 1 atom stereocenters. The summed E-state index contributed by atoms with van der Waals surface area (Å²) < 4.78 is 34.7. The molecule has 0 amide bonds. The predicted molar refractivity (Wildman–Crippen MR) is 157 cm³/mol. The summed E-state index contributed by atoms with van der Waals surface area (Å²) in [5.41, 5.74) is 1.36. The Kier molecular flexibility index (Phi) is 9.76. The van der Waals surface area contributed by atoms with E-state index >= 15 is 0 Å². The van der Waals surface area contributed by atoms with Crippen molar-refractivity contribution in [2.24, 2.45) is 4.99 Å². The van der Waals surface area contributed by atoms with Gasteiger partial charge < -0.3 is 33.5 Å². The molecule has 13 heteroatoms. The Labute approximate surface area is 251 Å². The fourth-order valence-electron chi connectivity index (χ4n) is 4.66. The Balaban J connectivity index is 1.93. The van der Waals surface area contributed by atoms with Crippen LogP contribution in [0.3, 0.4) is 0 Å². The van der Waals surface area contributed by atoms with Crippen LogP contribution in [0.4, 0.5) is 0 Å². The number of nitrogens with zero attached hydrogens (tertiary/aromatic N) is 2. The normalized spacial score (nSPS) is 14.5. The number of hydrogen-bond donors (Lipinski definition) is 1. The number of aromatic nitrogens is 1. The van der Waals surface area contributed by atoms with Gasteiger partial charge in [-0.3, -0.25) is 9.36 Å². The summed E-state index contributed by atoms with van der Waals surface area (Å²) in [6.07, 6.45) is 1.67. The highest BCUT2D eigenvalue weighted by Gasteiger charge is 2.34. The van der Waals surface area contributed by atoms with Gasteiger partial charge in [0, 0.05) is 0 Å². The second-order valence-corrected chi connectivity index (χ2v) is 10.1. The maximum Gasteiger partial charge on any atom is 0.341 e. The largest absolute Gasteiger partial charge is 0.493 e. The van der Waals surface area contributed by atoms with Crippen LogP contribution < -0.4 is 38.6 Å². The maximum absolute atomic E-state index is 14.0. The van der Waals surface area contributed by atoms with Crippen molar-refractivity contribution < 1.29 is 43.1 Å². The van der Waals surface area contributed by atoms with E-state index in [-0.39, 0.29) is 23.5 Å². The molecule has 1 N–H and O–H groups in total. The van der Waals surface area contributed by atoms with Crippen LogP contribution in [0.25, 0.3) is 6.08 Å². The molecule has 1 aliphatic heterocycles. The van der Waals surface area contributed by atoms with Crippen molar-refractivity contribution in [2.75, 3.05) is 41.2 Å². The Morgan fingerprint density at radius 2 is 1.67 bits per heavy atom. The van der Waals surface area contributed by atoms with Gasteiger partial charge in [-0.05, 0) is 62.2 Å². The molecule has 43 heavy (non-hydrogen) atoms. The van der Waals surface area contributed by atoms with Crippen molar-refractivity contribution in [3.8, 4) is 28.7 Å². The van der Waals surface area contributed by atoms with Crippen molar-refractivity contribution in [3.05, 3.63) is 72.4 Å². The first kappa shape index (κ1) is 31.2. The van der Waals surface area contributed by atoms with Gasteiger partial charge in [-0.25, -0.2) is 14.6 Å². The number of fused-ring (bicyclic) bond motifs is 1. The molecule has 2 aromatic carbocycles. The number of esters is 1. The monoisotopic (exact) mass is 612 g/mol. The van der Waals surface area contributed by atoms with E-state index < -0.39 is 24.6 Å². The van der Waals surface area contributed by atoms with Crippen molar-refractivity contribution in [1.82, 2.24) is 4.57 Å². The molecule has 2 heterocycles. The highest BCUT2D eigenvalue weighted by Crippen LogP contribution is 2.42. The minimum absolute atomic E-state index is 0.135. The van der Waals surface area contributed by atoms with Crippen molar-refractivity contribution in [1.29, 1.82) is 0 Å². The molecule has 0 saturated carbocycles. The molecule has 1 aromatic heterocycles. The molecule has 228 valence electrons. The minimum Gasteiger partial charge on any atom is -0.493 e. The zero-order valence-electron chi connectivity index (χ0n) is 24.6. The van der Waals surface area contributed by atoms with E-state index in [9.17, 15) is 14.4 Å². The predicted octanol–water partition coefficient (Wildman–Crippen LogP) is 2.69. The second kappa shape index (κ2) is 13.5. The van der Waals surface area contributed by atoms with Crippen molar-refractivity contribution >= 4 is 29.4 Å². The summed E-state index contributed by atoms with van der Waals surface area (Å²) >= 11 is 1.16. The fraction of sp³-hybridized carbons (Fsp3) is 0.333. The molecule has 1 aliphatic rings. The Morgan fingerprint density at radius 1 is 0.977 bits per heavy atom. The highest BCUT2D eigenvalue weighted by atomic mass is 32.1. The number of aliphatic carboxylic acids is 1. The topological polar surface area (TPSA) is 144 Å². The number of thiazole rings is 1. The summed E-state index contributed by atoms with van der Waals surface area (Å²) in [4.78, 5) is 43.2. The van der Waals surface area contributed by atoms with Gasteiger partial charge in [-0.1, -0.05) is 17.4 Å². The number of rotatable bonds is 12. The SMILES string of the molecule is CCOC(=O)C1=C(C)N=c2s/c(=C\c3ccc(OCC(=O)O)c(OCC)c3)c(=O)n2[C@@H]1c1cc(OC)c(OC)c(OC)c1. The quantitative estimate of drug-likeness (QED) is 0.303. The summed E-state index contributed by atoms with van der Waals surface area (Å²) in [7, 11) is 4.45. The van der Waals surface area contributed by atoms with Crippen LogP contribution in [0, 0.1) is 0 Å². The lowest BCUT2D eigenvalue weighted by atomic mass is 9.95. The fourth-order valence-corrected chi connectivity index (χ4v) is 5.71. The number of carboxylic acid groups (broad SMARTS) is 1. The first-order chi connectivity index (χ1) is 20.7. The zero-order valence-corrected chi connectivity index (χ0v) is 25.4. The third-order valence-corrected chi connectivity index (χ3v) is 7.42. The van der Waals surface area contributed by atoms with Crippen molar-refractivity contribution in [2.45, 2.75) is 26.8 Å². The van der Waals surface area contributed by atoms with Crippen LogP contribution in [0.5, 0.6) is 28.7 Å². The van der Waals surface area contributed by atoms with E-state index in [0.717, 1.165) is 11.3 Å². The first-order valence-electron chi connectivity index (χ1n) is 13.3. The van der Waals surface area contributed by atoms with Crippen LogP contribution >= 0.6 is 11.3 Å². The smallest absolute Gasteiger partial charge is 0.341 e. The van der Waals surface area contributed by atoms with Crippen molar-refractivity contribution in [3.63, 3.8) is 0 Å². The minimum atomic E-state index is -1.12. The van der Waals surface area contributed by atoms with Gasteiger partial charge in [-0.15, -0.1) is 0 Å². The number of allylic oxidation sites excluding steroid dienone is 1. The van der Waals surface area contributed by atoms with E-state index in [2.05, 4.69) is 4.99 Å². The lowest BCUT2D eigenvalue weighted by Crippen LogP contribution is -2.40. The number of carbonyl (C=O) groups excluding carboxylic acids is 1. The van der Waals surface area contributed by atoms with Gasteiger partial charge in [-0.2, -0.15) is 0 Å². The Hall–Kier alpha value is -4.78. The number of methoxy groups -OCH3 is 3. The third kappa shape index (κ3) is 6.36. The highest BCUT2D eigenvalue weighted by molar-refractivity contribution is 7.07. The Bertz CT molecular complexity index is 1730. The van der Waals surface area contributed by atoms with Crippen LogP contribution in [0.1, 0.15) is 37.9 Å². The number of benzene rings is 2. The molecular formula is C30H32N2O10S. The molecule has 0 radical (unpaired) electrons. The van der Waals surface area contributed by atoms with Crippen LogP contribution in [-0.4, -0.2) is 62.8 Å². The summed E-state index contributed by atoms with van der Waals surface area (Å²) in [5, 5.41) is 8.98. The standard InChI is InChI=1S/C30H32N2O10S/c1-7-40-20-11-17(9-10-19(20)42-15-24(33)34)12-23-28(35)32-26(18-13-21(37-4)27(39-6)22(14-18)38-5)25(29(36)41-8-2)16(3)31-30(32)43-23/h9-14,26H,7-8,15H2,1-6H3,(H,33,34)/b23-12-/t26-/m1/s1. The van der Waals surface area contributed by atoms with Gasteiger partial charge in [0.15, 0.2) is 34.4 Å². The van der Waals surface area contributed by atoms with Gasteiger partial charge >= 0.3 is 11.9 Å². The number of carbonyl (C=O) groups is 2. The molecule has 0 spiro atoms. The molecule has 0 unspecified atom stereocenters. The lowest BCUT2D eigenvalue weighted by Gasteiger charge is -2.26. The number of carboxylic acids is 1. The average molecular weight is 613 g/mol. The van der Waals surface area contributed by atoms with E-state index in [1.165, 1.54) is 25.9 Å². The Morgan fingerprint density at radius 3 is 2.26 bits per heavy atom. The first-order valence-corrected chi connectivity index (χ1v) is 14.1. The van der Waals surface area contributed by atoms with Crippen LogP contribution in [0.15, 0.2) is 51.4 Å². The van der Waals surface area contributed by atoms with E-state index in [0.29, 0.717) is 55.8 Å². The summed E-state index contributed by atoms with van der Waals surface area (Å²) in [5.74, 6) is -0.0562. The average Bonchev–Trinajstić information content (AvgIpc) is 3.28. The second-order valence-electron chi connectivity index (χ2n) is 9.08. The van der Waals surface area contributed by atoms with Gasteiger partial charge in [0.05, 0.1) is 56.4 Å². The van der Waals surface area contributed by atoms with Gasteiger partial charge in [0.1, 0.15) is 0 Å². The van der Waals surface area contributed by atoms with Crippen LogP contribution in [0.2, 0.25) is 0 Å². The molecule has 3 aromatic rings. The molecule has 0 saturated heterocycles. The maximum atomic E-state index is 14.0. The van der Waals surface area contributed by atoms with Crippen LogP contribution in [-0.2, 0) is 14.3 Å². The molecule has 0 aliphatic carbocycles. The summed E-state index contributed by atoms with van der Waals surface area (Å²) in [6.45, 7) is 5.11. The van der Waals surface area contributed by atoms with E-state index in [1.807, 2.05) is 0 Å². The zero-order chi connectivity index (χ0) is 31.3. The van der Waals surface area contributed by atoms with Gasteiger partial charge in [0.25, 0.3) is 5.56 Å². The molecule has 0 fully saturated rings. The molecule has 12 nitrogen and oxygen atoms in total. The number of hydrogen-bond acceptors (Lipinski definition) is 11. The molecular weight excluding hydrogens is 580 g/mol. The van der Waals surface area contributed by atoms with E-state index in [1.54, 1.807) is 57.2 Å². The lowest BCUT2D eigenvalue weighted by molar-refractivity contribution is -0.140. The van der Waals surface area contributed by atoms with E-state index in [4.69, 9.17) is 33.5 Å². The van der Waals surface area contributed by atoms with Gasteiger partial charge in [0.2, 0.25) is 5.75 Å². The summed E-state index contributed by atoms with van der Waals surface area (Å²) in [6, 6.07) is 7.39.